The van der Waals surface area contributed by atoms with Crippen LogP contribution in [0.3, 0.4) is 0 Å². The van der Waals surface area contributed by atoms with Gasteiger partial charge in [0.25, 0.3) is 11.6 Å². The van der Waals surface area contributed by atoms with Crippen LogP contribution in [0.1, 0.15) is 10.4 Å². The van der Waals surface area contributed by atoms with E-state index >= 15 is 0 Å². The Balaban J connectivity index is 1.91. The van der Waals surface area contributed by atoms with Crippen molar-refractivity contribution in [2.45, 2.75) is 0 Å². The van der Waals surface area contributed by atoms with Gasteiger partial charge in [0.15, 0.2) is 0 Å². The summed E-state index contributed by atoms with van der Waals surface area (Å²) >= 11 is 0. The summed E-state index contributed by atoms with van der Waals surface area (Å²) in [5.41, 5.74) is 0.310. The molecule has 0 bridgehead atoms. The Morgan fingerprint density at radius 2 is 1.71 bits per heavy atom. The molecule has 0 saturated carbocycles. The minimum Gasteiger partial charge on any atom is -0.507 e. The van der Waals surface area contributed by atoms with Gasteiger partial charge in [0.2, 0.25) is 0 Å². The van der Waals surface area contributed by atoms with Gasteiger partial charge in [-0.3, -0.25) is 14.9 Å². The van der Waals surface area contributed by atoms with Crippen molar-refractivity contribution in [3.05, 3.63) is 70.3 Å². The molecule has 0 radical (unpaired) electrons. The van der Waals surface area contributed by atoms with E-state index in [9.17, 15) is 25.1 Å². The second-order valence-corrected chi connectivity index (χ2v) is 5.13. The number of rotatable bonds is 3. The molecule has 1 amide bonds. The second-order valence-electron chi connectivity index (χ2n) is 5.13. The molecule has 0 aliphatic rings. The van der Waals surface area contributed by atoms with Gasteiger partial charge >= 0.3 is 0 Å². The highest BCUT2D eigenvalue weighted by atomic mass is 16.6. The van der Waals surface area contributed by atoms with E-state index in [0.29, 0.717) is 16.5 Å². The first-order valence-electron chi connectivity index (χ1n) is 6.96. The van der Waals surface area contributed by atoms with Crippen molar-refractivity contribution in [3.8, 4) is 11.5 Å². The number of hydrogen-bond acceptors (Lipinski definition) is 5. The van der Waals surface area contributed by atoms with Crippen LogP contribution in [-0.2, 0) is 0 Å². The quantitative estimate of drug-likeness (QED) is 0.505. The van der Waals surface area contributed by atoms with E-state index in [-0.39, 0.29) is 22.7 Å². The molecule has 0 aliphatic carbocycles. The van der Waals surface area contributed by atoms with Crippen molar-refractivity contribution in [2.75, 3.05) is 5.32 Å². The van der Waals surface area contributed by atoms with Crippen molar-refractivity contribution in [2.24, 2.45) is 0 Å². The molecule has 0 unspecified atom stereocenters. The first-order valence-corrected chi connectivity index (χ1v) is 6.96. The van der Waals surface area contributed by atoms with Gasteiger partial charge in [-0.25, -0.2) is 0 Å². The molecule has 0 fully saturated rings. The Bertz CT molecular complexity index is 951. The molecule has 3 aromatic rings. The number of nitro benzene ring substituents is 1. The van der Waals surface area contributed by atoms with Crippen molar-refractivity contribution < 1.29 is 19.9 Å². The molecule has 3 rings (SSSR count). The number of carbonyl (C=O) groups excluding carboxylic acids is 1. The Morgan fingerprint density at radius 1 is 1.00 bits per heavy atom. The maximum absolute atomic E-state index is 12.3. The summed E-state index contributed by atoms with van der Waals surface area (Å²) in [5.74, 6) is -0.833. The van der Waals surface area contributed by atoms with E-state index in [1.807, 2.05) is 0 Å². The number of nitro groups is 1. The minimum absolute atomic E-state index is 0.00475. The number of anilines is 1. The van der Waals surface area contributed by atoms with Crippen LogP contribution < -0.4 is 5.32 Å². The molecule has 0 spiro atoms. The average molecular weight is 324 g/mol. The fourth-order valence-electron chi connectivity index (χ4n) is 2.34. The van der Waals surface area contributed by atoms with Gasteiger partial charge < -0.3 is 15.5 Å². The lowest BCUT2D eigenvalue weighted by molar-refractivity contribution is -0.384. The Kier molecular flexibility index (Phi) is 3.75. The summed E-state index contributed by atoms with van der Waals surface area (Å²) in [6.07, 6.45) is 0. The topological polar surface area (TPSA) is 113 Å². The van der Waals surface area contributed by atoms with Crippen molar-refractivity contribution >= 4 is 28.1 Å². The monoisotopic (exact) mass is 324 g/mol. The molecule has 24 heavy (non-hydrogen) atoms. The number of amides is 1. The number of hydrogen-bond donors (Lipinski definition) is 3. The van der Waals surface area contributed by atoms with Crippen LogP contribution in [0.15, 0.2) is 54.6 Å². The molecule has 0 aliphatic heterocycles. The van der Waals surface area contributed by atoms with E-state index in [1.165, 1.54) is 42.5 Å². The van der Waals surface area contributed by atoms with Gasteiger partial charge in [-0.1, -0.05) is 12.1 Å². The second kappa shape index (κ2) is 5.88. The highest BCUT2D eigenvalue weighted by Gasteiger charge is 2.14. The zero-order valence-corrected chi connectivity index (χ0v) is 12.3. The van der Waals surface area contributed by atoms with Gasteiger partial charge in [0, 0.05) is 23.2 Å². The summed E-state index contributed by atoms with van der Waals surface area (Å²) in [6, 6.07) is 12.9. The van der Waals surface area contributed by atoms with Gasteiger partial charge in [-0.15, -0.1) is 0 Å². The molecule has 0 saturated heterocycles. The zero-order chi connectivity index (χ0) is 17.3. The molecule has 7 heteroatoms. The first-order chi connectivity index (χ1) is 11.5. The van der Waals surface area contributed by atoms with Crippen LogP contribution in [0.25, 0.3) is 10.8 Å². The van der Waals surface area contributed by atoms with E-state index in [0.717, 1.165) is 0 Å². The van der Waals surface area contributed by atoms with Crippen LogP contribution in [0.2, 0.25) is 0 Å². The number of phenols is 2. The minimum atomic E-state index is -0.563. The van der Waals surface area contributed by atoms with E-state index in [2.05, 4.69) is 5.32 Å². The lowest BCUT2D eigenvalue weighted by Crippen LogP contribution is -2.12. The molecule has 0 aromatic heterocycles. The molecular formula is C17H12N2O5. The van der Waals surface area contributed by atoms with Crippen LogP contribution >= 0.6 is 0 Å². The molecule has 7 nitrogen and oxygen atoms in total. The SMILES string of the molecule is O=C(Nc1ccc([N+](=O)[O-])cc1)c1cc2cccc(O)c2cc1O. The number of fused-ring (bicyclic) bond motifs is 1. The summed E-state index contributed by atoms with van der Waals surface area (Å²) < 4.78 is 0. The van der Waals surface area contributed by atoms with Gasteiger partial charge in [-0.05, 0) is 35.7 Å². The number of nitrogens with zero attached hydrogens (tertiary/aromatic N) is 1. The van der Waals surface area contributed by atoms with Crippen molar-refractivity contribution in [1.29, 1.82) is 0 Å². The third-order valence-electron chi connectivity index (χ3n) is 3.55. The molecule has 0 heterocycles. The van der Waals surface area contributed by atoms with E-state index in [1.54, 1.807) is 12.1 Å². The first kappa shape index (κ1) is 15.3. The third kappa shape index (κ3) is 2.82. The molecule has 3 N–H and O–H groups in total. The predicted octanol–water partition coefficient (Wildman–Crippen LogP) is 3.41. The highest BCUT2D eigenvalue weighted by molar-refractivity contribution is 6.09. The number of carbonyl (C=O) groups is 1. The Labute approximate surface area is 135 Å². The van der Waals surface area contributed by atoms with E-state index < -0.39 is 10.8 Å². The summed E-state index contributed by atoms with van der Waals surface area (Å²) in [6.45, 7) is 0. The summed E-state index contributed by atoms with van der Waals surface area (Å²) in [4.78, 5) is 22.4. The lowest BCUT2D eigenvalue weighted by atomic mass is 10.0. The predicted molar refractivity (Wildman–Crippen MR) is 88.3 cm³/mol. The van der Waals surface area contributed by atoms with Crippen LogP contribution in [-0.4, -0.2) is 21.0 Å². The van der Waals surface area contributed by atoms with Crippen LogP contribution in [0, 0.1) is 10.1 Å². The summed E-state index contributed by atoms with van der Waals surface area (Å²) in [7, 11) is 0. The van der Waals surface area contributed by atoms with Crippen LogP contribution in [0.5, 0.6) is 11.5 Å². The Morgan fingerprint density at radius 3 is 2.38 bits per heavy atom. The standard InChI is InChI=1S/C17H12N2O5/c20-15-3-1-2-10-8-14(16(21)9-13(10)15)17(22)18-11-4-6-12(7-5-11)19(23)24/h1-9,20-21H,(H,18,22). The highest BCUT2D eigenvalue weighted by Crippen LogP contribution is 2.31. The normalized spacial score (nSPS) is 10.5. The lowest BCUT2D eigenvalue weighted by Gasteiger charge is -2.09. The fourth-order valence-corrected chi connectivity index (χ4v) is 2.34. The summed E-state index contributed by atoms with van der Waals surface area (Å²) in [5, 5.41) is 34.0. The fraction of sp³-hybridized carbons (Fsp3) is 0. The number of benzene rings is 3. The average Bonchev–Trinajstić information content (AvgIpc) is 2.55. The smallest absolute Gasteiger partial charge is 0.269 e. The van der Waals surface area contributed by atoms with Gasteiger partial charge in [0.05, 0.1) is 10.5 Å². The third-order valence-corrected chi connectivity index (χ3v) is 3.55. The molecule has 0 atom stereocenters. The number of aromatic hydroxyl groups is 2. The zero-order valence-electron chi connectivity index (χ0n) is 12.3. The van der Waals surface area contributed by atoms with Crippen molar-refractivity contribution in [1.82, 2.24) is 0 Å². The van der Waals surface area contributed by atoms with Gasteiger partial charge in [0.1, 0.15) is 11.5 Å². The van der Waals surface area contributed by atoms with Crippen molar-refractivity contribution in [3.63, 3.8) is 0 Å². The molecule has 120 valence electrons. The largest absolute Gasteiger partial charge is 0.507 e. The maximum atomic E-state index is 12.3. The molecular weight excluding hydrogens is 312 g/mol. The number of non-ortho nitro benzene ring substituents is 1. The van der Waals surface area contributed by atoms with E-state index in [4.69, 9.17) is 0 Å². The van der Waals surface area contributed by atoms with Crippen LogP contribution in [0.4, 0.5) is 11.4 Å². The molecule has 3 aromatic carbocycles. The number of phenolic OH excluding ortho intramolecular Hbond substituents is 2. The maximum Gasteiger partial charge on any atom is 0.269 e. The van der Waals surface area contributed by atoms with Gasteiger partial charge in [-0.2, -0.15) is 0 Å². The Hall–Kier alpha value is -3.61. The number of nitrogens with one attached hydrogen (secondary N) is 1.